The van der Waals surface area contributed by atoms with E-state index < -0.39 is 0 Å². The van der Waals surface area contributed by atoms with Gasteiger partial charge < -0.3 is 9.80 Å². The van der Waals surface area contributed by atoms with E-state index in [2.05, 4.69) is 82.0 Å². The zero-order chi connectivity index (χ0) is 20.9. The molecular weight excluding hydrogens is 372 g/mol. The topological polar surface area (TPSA) is 30.0 Å². The fourth-order valence-electron chi connectivity index (χ4n) is 4.54. The summed E-state index contributed by atoms with van der Waals surface area (Å²) in [6.07, 6.45) is 0. The largest absolute Gasteiger partial charge is 0.369 e. The summed E-state index contributed by atoms with van der Waals surface area (Å²) >= 11 is 0. The van der Waals surface area contributed by atoms with Crippen LogP contribution in [0.25, 0.3) is 0 Å². The Bertz CT molecular complexity index is 852. The van der Waals surface area contributed by atoms with Crippen LogP contribution in [0.3, 0.4) is 0 Å². The number of carbonyl (C=O) groups excluding carboxylic acids is 1. The average Bonchev–Trinajstić information content (AvgIpc) is 2.77. The molecular formula is C25H34N4O. The molecule has 2 aliphatic heterocycles. The lowest BCUT2D eigenvalue weighted by atomic mass is 10.1. The fourth-order valence-corrected chi connectivity index (χ4v) is 4.54. The van der Waals surface area contributed by atoms with E-state index in [0.717, 1.165) is 58.9 Å². The highest BCUT2D eigenvalue weighted by atomic mass is 16.2. The van der Waals surface area contributed by atoms with Crippen LogP contribution in [-0.2, 0) is 11.3 Å². The number of anilines is 1. The first kappa shape index (κ1) is 20.9. The van der Waals surface area contributed by atoms with Crippen LogP contribution in [0.15, 0.2) is 48.5 Å². The lowest BCUT2D eigenvalue weighted by molar-refractivity contribution is -0.134. The molecule has 0 radical (unpaired) electrons. The molecule has 2 fully saturated rings. The van der Waals surface area contributed by atoms with Gasteiger partial charge in [0.1, 0.15) is 0 Å². The summed E-state index contributed by atoms with van der Waals surface area (Å²) in [6.45, 7) is 13.4. The molecule has 2 saturated heterocycles. The van der Waals surface area contributed by atoms with Gasteiger partial charge in [0, 0.05) is 64.6 Å². The Hall–Kier alpha value is -2.37. The van der Waals surface area contributed by atoms with E-state index in [1.54, 1.807) is 0 Å². The maximum Gasteiger partial charge on any atom is 0.236 e. The highest BCUT2D eigenvalue weighted by Gasteiger charge is 2.25. The van der Waals surface area contributed by atoms with E-state index in [0.29, 0.717) is 6.54 Å². The predicted molar refractivity (Wildman–Crippen MR) is 123 cm³/mol. The van der Waals surface area contributed by atoms with Gasteiger partial charge in [-0.15, -0.1) is 0 Å². The standard InChI is InChI=1S/C25H34N4O/c1-21-7-3-5-9-23(21)19-26-13-17-29(18-14-26)25(30)20-27-11-15-28(16-12-27)24-10-6-4-8-22(24)2/h3-10H,11-20H2,1-2H3. The summed E-state index contributed by atoms with van der Waals surface area (Å²) in [6, 6.07) is 17.2. The van der Waals surface area contributed by atoms with Crippen LogP contribution in [0.4, 0.5) is 5.69 Å². The minimum absolute atomic E-state index is 0.287. The second-order valence-electron chi connectivity index (χ2n) is 8.63. The minimum Gasteiger partial charge on any atom is -0.369 e. The number of hydrogen-bond acceptors (Lipinski definition) is 4. The summed E-state index contributed by atoms with van der Waals surface area (Å²) in [4.78, 5) is 22.1. The molecule has 0 saturated carbocycles. The Labute approximate surface area is 180 Å². The maximum atomic E-state index is 12.8. The third-order valence-electron chi connectivity index (χ3n) is 6.57. The van der Waals surface area contributed by atoms with Crippen molar-refractivity contribution in [2.24, 2.45) is 0 Å². The quantitative estimate of drug-likeness (QED) is 0.764. The van der Waals surface area contributed by atoms with Crippen molar-refractivity contribution >= 4 is 11.6 Å². The van der Waals surface area contributed by atoms with Gasteiger partial charge in [0.15, 0.2) is 0 Å². The Morgan fingerprint density at radius 3 is 2.00 bits per heavy atom. The van der Waals surface area contributed by atoms with E-state index in [1.165, 1.54) is 22.4 Å². The maximum absolute atomic E-state index is 12.8. The van der Waals surface area contributed by atoms with Gasteiger partial charge in [-0.3, -0.25) is 14.6 Å². The first-order valence-electron chi connectivity index (χ1n) is 11.2. The van der Waals surface area contributed by atoms with Crippen molar-refractivity contribution in [1.82, 2.24) is 14.7 Å². The number of amides is 1. The first-order valence-corrected chi connectivity index (χ1v) is 11.2. The zero-order valence-electron chi connectivity index (χ0n) is 18.4. The Morgan fingerprint density at radius 2 is 1.33 bits per heavy atom. The average molecular weight is 407 g/mol. The van der Waals surface area contributed by atoms with E-state index >= 15 is 0 Å². The SMILES string of the molecule is Cc1ccccc1CN1CCN(C(=O)CN2CCN(c3ccccc3C)CC2)CC1. The summed E-state index contributed by atoms with van der Waals surface area (Å²) in [7, 11) is 0. The molecule has 5 nitrogen and oxygen atoms in total. The van der Waals surface area contributed by atoms with Crippen LogP contribution in [0, 0.1) is 13.8 Å². The van der Waals surface area contributed by atoms with Gasteiger partial charge >= 0.3 is 0 Å². The summed E-state index contributed by atoms with van der Waals surface area (Å²) in [5.41, 5.74) is 5.39. The molecule has 5 heteroatoms. The molecule has 0 bridgehead atoms. The molecule has 0 N–H and O–H groups in total. The van der Waals surface area contributed by atoms with Gasteiger partial charge in [0.25, 0.3) is 0 Å². The lowest BCUT2D eigenvalue weighted by Crippen LogP contribution is -2.53. The molecule has 4 rings (SSSR count). The third kappa shape index (κ3) is 5.02. The number of piperazine rings is 2. The van der Waals surface area contributed by atoms with Crippen molar-refractivity contribution in [3.63, 3.8) is 0 Å². The van der Waals surface area contributed by atoms with Crippen LogP contribution in [-0.4, -0.2) is 79.5 Å². The van der Waals surface area contributed by atoms with Crippen LogP contribution in [0.1, 0.15) is 16.7 Å². The van der Waals surface area contributed by atoms with Gasteiger partial charge in [0.05, 0.1) is 6.54 Å². The van der Waals surface area contributed by atoms with Gasteiger partial charge in [0.2, 0.25) is 5.91 Å². The van der Waals surface area contributed by atoms with Gasteiger partial charge in [-0.05, 0) is 36.6 Å². The lowest BCUT2D eigenvalue weighted by Gasteiger charge is -2.39. The fraction of sp³-hybridized carbons (Fsp3) is 0.480. The van der Waals surface area contributed by atoms with Crippen LogP contribution < -0.4 is 4.90 Å². The van der Waals surface area contributed by atoms with Gasteiger partial charge in [-0.2, -0.15) is 0 Å². The van der Waals surface area contributed by atoms with Crippen molar-refractivity contribution in [2.45, 2.75) is 20.4 Å². The van der Waals surface area contributed by atoms with E-state index in [1.807, 2.05) is 0 Å². The molecule has 160 valence electrons. The number of aryl methyl sites for hydroxylation is 2. The molecule has 0 unspecified atom stereocenters. The third-order valence-corrected chi connectivity index (χ3v) is 6.57. The normalized spacial score (nSPS) is 18.6. The van der Waals surface area contributed by atoms with Crippen LogP contribution >= 0.6 is 0 Å². The zero-order valence-corrected chi connectivity index (χ0v) is 18.4. The van der Waals surface area contributed by atoms with Gasteiger partial charge in [-0.25, -0.2) is 0 Å². The van der Waals surface area contributed by atoms with Crippen molar-refractivity contribution < 1.29 is 4.79 Å². The second-order valence-corrected chi connectivity index (χ2v) is 8.63. The van der Waals surface area contributed by atoms with Crippen molar-refractivity contribution in [3.8, 4) is 0 Å². The van der Waals surface area contributed by atoms with Crippen molar-refractivity contribution in [1.29, 1.82) is 0 Å². The number of benzene rings is 2. The van der Waals surface area contributed by atoms with Crippen LogP contribution in [0.2, 0.25) is 0 Å². The molecule has 2 aliphatic rings. The highest BCUT2D eigenvalue weighted by molar-refractivity contribution is 5.78. The summed E-state index contributed by atoms with van der Waals surface area (Å²) in [5.74, 6) is 0.287. The van der Waals surface area contributed by atoms with E-state index in [9.17, 15) is 4.79 Å². The number of para-hydroxylation sites is 1. The molecule has 2 heterocycles. The number of carbonyl (C=O) groups is 1. The molecule has 0 aliphatic carbocycles. The molecule has 30 heavy (non-hydrogen) atoms. The summed E-state index contributed by atoms with van der Waals surface area (Å²) < 4.78 is 0. The number of hydrogen-bond donors (Lipinski definition) is 0. The molecule has 1 amide bonds. The molecule has 2 aromatic carbocycles. The molecule has 0 atom stereocenters. The minimum atomic E-state index is 0.287. The van der Waals surface area contributed by atoms with Crippen LogP contribution in [0.5, 0.6) is 0 Å². The van der Waals surface area contributed by atoms with E-state index in [-0.39, 0.29) is 5.91 Å². The summed E-state index contributed by atoms with van der Waals surface area (Å²) in [5, 5.41) is 0. The highest BCUT2D eigenvalue weighted by Crippen LogP contribution is 2.21. The number of rotatable bonds is 5. The smallest absolute Gasteiger partial charge is 0.236 e. The predicted octanol–water partition coefficient (Wildman–Crippen LogP) is 2.77. The molecule has 0 spiro atoms. The van der Waals surface area contributed by atoms with Crippen molar-refractivity contribution in [2.75, 3.05) is 63.8 Å². The second kappa shape index (κ2) is 9.63. The monoisotopic (exact) mass is 406 g/mol. The van der Waals surface area contributed by atoms with Gasteiger partial charge in [-0.1, -0.05) is 42.5 Å². The van der Waals surface area contributed by atoms with Crippen molar-refractivity contribution in [3.05, 3.63) is 65.2 Å². The van der Waals surface area contributed by atoms with E-state index in [4.69, 9.17) is 0 Å². The Morgan fingerprint density at radius 1 is 0.733 bits per heavy atom. The Balaban J connectivity index is 1.21. The first-order chi connectivity index (χ1) is 14.6. The Kier molecular flexibility index (Phi) is 6.70. The molecule has 0 aromatic heterocycles. The number of nitrogens with zero attached hydrogens (tertiary/aromatic N) is 4. The molecule has 2 aromatic rings.